The fourth-order valence-electron chi connectivity index (χ4n) is 4.45. The summed E-state index contributed by atoms with van der Waals surface area (Å²) >= 11 is 0. The van der Waals surface area contributed by atoms with Crippen LogP contribution in [0.4, 0.5) is 0 Å². The third-order valence-electron chi connectivity index (χ3n) is 6.44. The summed E-state index contributed by atoms with van der Waals surface area (Å²) in [5.74, 6) is -0.660. The van der Waals surface area contributed by atoms with Gasteiger partial charge < -0.3 is 4.74 Å². The molecule has 3 rings (SSSR count). The van der Waals surface area contributed by atoms with Gasteiger partial charge in [0.05, 0.1) is 0 Å². The van der Waals surface area contributed by atoms with Crippen LogP contribution in [0.5, 0.6) is 0 Å². The molecule has 0 atom stereocenters. The van der Waals surface area contributed by atoms with E-state index < -0.39 is 20.7 Å². The zero-order valence-electron chi connectivity index (χ0n) is 18.1. The van der Waals surface area contributed by atoms with Crippen molar-refractivity contribution in [2.45, 2.75) is 69.0 Å². The molecule has 3 heterocycles. The molecular weight excluding hydrogens is 442 g/mol. The maximum Gasteiger partial charge on any atom is 0.266 e. The van der Waals surface area contributed by atoms with Gasteiger partial charge in [-0.05, 0) is 37.3 Å². The van der Waals surface area contributed by atoms with E-state index in [9.17, 15) is 13.2 Å². The number of piperidine rings is 1. The number of aryl methyl sites for hydroxylation is 1. The number of rotatable bonds is 8. The van der Waals surface area contributed by atoms with Gasteiger partial charge in [-0.15, -0.1) is 12.4 Å². The van der Waals surface area contributed by atoms with Crippen LogP contribution in [-0.2, 0) is 26.0 Å². The molecule has 0 aromatic carbocycles. The van der Waals surface area contributed by atoms with E-state index in [0.29, 0.717) is 25.9 Å². The number of pyridine rings is 1. The number of hydrogen-bond donors (Lipinski definition) is 2. The summed E-state index contributed by atoms with van der Waals surface area (Å²) in [7, 11) is -3.92. The van der Waals surface area contributed by atoms with Crippen molar-refractivity contribution >= 4 is 28.3 Å². The first-order chi connectivity index (χ1) is 14.4. The van der Waals surface area contributed by atoms with E-state index in [0.717, 1.165) is 12.1 Å². The highest BCUT2D eigenvalue weighted by molar-refractivity contribution is 7.91. The van der Waals surface area contributed by atoms with E-state index >= 15 is 0 Å². The maximum absolute atomic E-state index is 13.4. The van der Waals surface area contributed by atoms with Crippen LogP contribution in [0.15, 0.2) is 18.3 Å². The maximum atomic E-state index is 13.4. The zero-order valence-corrected chi connectivity index (χ0v) is 19.7. The van der Waals surface area contributed by atoms with Crippen LogP contribution in [-0.4, -0.2) is 59.9 Å². The predicted octanol–water partition coefficient (Wildman–Crippen LogP) is 2.80. The number of ether oxygens (including phenoxy) is 1. The Morgan fingerprint density at radius 1 is 1.26 bits per heavy atom. The molecule has 0 saturated carbocycles. The van der Waals surface area contributed by atoms with Gasteiger partial charge in [0.1, 0.15) is 0 Å². The Hall–Kier alpha value is -1.26. The van der Waals surface area contributed by atoms with Crippen molar-refractivity contribution in [3.8, 4) is 0 Å². The molecule has 31 heavy (non-hydrogen) atoms. The molecule has 1 amide bonds. The van der Waals surface area contributed by atoms with Crippen molar-refractivity contribution < 1.29 is 23.2 Å². The van der Waals surface area contributed by atoms with Crippen LogP contribution in [0.1, 0.15) is 69.0 Å². The predicted molar refractivity (Wildman–Crippen MR) is 120 cm³/mol. The lowest BCUT2D eigenvalue weighted by molar-refractivity contribution is -0.134. The molecule has 0 aliphatic carbocycles. The number of sulfonamides is 1. The number of aromatic nitrogens is 1. The van der Waals surface area contributed by atoms with Crippen LogP contribution < -0.4 is 5.48 Å². The van der Waals surface area contributed by atoms with Crippen molar-refractivity contribution in [2.75, 3.05) is 26.3 Å². The number of hydrogen-bond acceptors (Lipinski definition) is 6. The molecule has 2 saturated heterocycles. The van der Waals surface area contributed by atoms with Crippen molar-refractivity contribution in [1.29, 1.82) is 0 Å². The van der Waals surface area contributed by atoms with E-state index in [1.54, 1.807) is 5.48 Å². The van der Waals surface area contributed by atoms with Crippen molar-refractivity contribution in [2.24, 2.45) is 0 Å². The lowest BCUT2D eigenvalue weighted by Crippen LogP contribution is -2.60. The van der Waals surface area contributed by atoms with E-state index in [2.05, 4.69) is 24.0 Å². The highest BCUT2D eigenvalue weighted by Gasteiger charge is 2.54. The first-order valence-corrected chi connectivity index (χ1v) is 12.4. The number of amides is 1. The van der Waals surface area contributed by atoms with Gasteiger partial charge in [0, 0.05) is 57.0 Å². The normalized spacial score (nSPS) is 20.1. The van der Waals surface area contributed by atoms with Crippen molar-refractivity contribution in [3.63, 3.8) is 0 Å². The van der Waals surface area contributed by atoms with Crippen LogP contribution in [0.3, 0.4) is 0 Å². The third kappa shape index (κ3) is 5.57. The van der Waals surface area contributed by atoms with E-state index in [4.69, 9.17) is 9.94 Å². The van der Waals surface area contributed by atoms with Gasteiger partial charge in [-0.25, -0.2) is 18.2 Å². The fourth-order valence-corrected chi connectivity index (χ4v) is 6.60. The number of unbranched alkanes of at least 4 members (excludes halogenated alkanes) is 2. The average molecular weight is 476 g/mol. The minimum absolute atomic E-state index is 0. The average Bonchev–Trinajstić information content (AvgIpc) is 2.79. The first-order valence-electron chi connectivity index (χ1n) is 10.9. The molecule has 176 valence electrons. The van der Waals surface area contributed by atoms with Crippen LogP contribution in [0, 0.1) is 0 Å². The Kier molecular flexibility index (Phi) is 9.69. The SMILES string of the molecule is CCCCCc1ccc(C2CCN(S(=O)(=O)C3(C(=O)NO)CCOCC3)CC2)nc1.Cl. The van der Waals surface area contributed by atoms with Crippen LogP contribution in [0.2, 0.25) is 0 Å². The molecule has 1 aromatic rings. The van der Waals surface area contributed by atoms with Gasteiger partial charge >= 0.3 is 0 Å². The highest BCUT2D eigenvalue weighted by atomic mass is 35.5. The molecule has 2 aliphatic rings. The number of nitrogens with zero attached hydrogens (tertiary/aromatic N) is 2. The van der Waals surface area contributed by atoms with Gasteiger partial charge in [-0.3, -0.25) is 15.0 Å². The molecule has 1 aromatic heterocycles. The molecule has 10 heteroatoms. The van der Waals surface area contributed by atoms with Gasteiger partial charge in [-0.2, -0.15) is 0 Å². The van der Waals surface area contributed by atoms with E-state index in [1.807, 2.05) is 6.20 Å². The summed E-state index contributed by atoms with van der Waals surface area (Å²) in [5, 5.41) is 9.16. The van der Waals surface area contributed by atoms with E-state index in [1.165, 1.54) is 29.1 Å². The molecule has 0 spiro atoms. The van der Waals surface area contributed by atoms with Crippen LogP contribution >= 0.6 is 12.4 Å². The summed E-state index contributed by atoms with van der Waals surface area (Å²) in [4.78, 5) is 17.0. The van der Waals surface area contributed by atoms with Crippen LogP contribution in [0.25, 0.3) is 0 Å². The zero-order chi connectivity index (χ0) is 21.6. The second kappa shape index (κ2) is 11.6. The highest BCUT2D eigenvalue weighted by Crippen LogP contribution is 2.36. The number of carbonyl (C=O) groups excluding carboxylic acids is 1. The Labute approximate surface area is 191 Å². The van der Waals surface area contributed by atoms with Gasteiger partial charge in [0.15, 0.2) is 4.75 Å². The standard InChI is InChI=1S/C21H33N3O5S.ClH/c1-2-3-4-5-17-6-7-19(22-16-17)18-8-12-24(13-9-18)30(27,28)21(20(25)23-26)10-14-29-15-11-21;/h6-7,16,18,26H,2-5,8-15H2,1H3,(H,23,25);1H. The molecule has 0 unspecified atom stereocenters. The van der Waals surface area contributed by atoms with Crippen molar-refractivity contribution in [1.82, 2.24) is 14.8 Å². The summed E-state index contributed by atoms with van der Waals surface area (Å²) in [6.45, 7) is 3.23. The minimum atomic E-state index is -3.92. The van der Waals surface area contributed by atoms with Gasteiger partial charge in [-0.1, -0.05) is 25.8 Å². The smallest absolute Gasteiger partial charge is 0.266 e. The van der Waals surface area contributed by atoms with Gasteiger partial charge in [0.25, 0.3) is 5.91 Å². The van der Waals surface area contributed by atoms with Crippen molar-refractivity contribution in [3.05, 3.63) is 29.6 Å². The largest absolute Gasteiger partial charge is 0.381 e. The summed E-state index contributed by atoms with van der Waals surface area (Å²) in [6.07, 6.45) is 7.97. The van der Waals surface area contributed by atoms with Gasteiger partial charge in [0.2, 0.25) is 10.0 Å². The van der Waals surface area contributed by atoms with E-state index in [-0.39, 0.29) is 44.4 Å². The quantitative estimate of drug-likeness (QED) is 0.340. The third-order valence-corrected chi connectivity index (χ3v) is 9.06. The lowest BCUT2D eigenvalue weighted by atomic mass is 9.93. The Bertz CT molecular complexity index is 805. The summed E-state index contributed by atoms with van der Waals surface area (Å²) in [5.41, 5.74) is 3.81. The number of hydroxylamine groups is 1. The number of halogens is 1. The molecule has 0 radical (unpaired) electrons. The first kappa shape index (κ1) is 26.0. The lowest BCUT2D eigenvalue weighted by Gasteiger charge is -2.40. The molecule has 0 bridgehead atoms. The summed E-state index contributed by atoms with van der Waals surface area (Å²) in [6, 6.07) is 4.19. The summed E-state index contributed by atoms with van der Waals surface area (Å²) < 4.78 is 31.7. The topological polar surface area (TPSA) is 109 Å². The minimum Gasteiger partial charge on any atom is -0.381 e. The molecule has 2 N–H and O–H groups in total. The molecule has 2 aliphatic heterocycles. The molecular formula is C21H34ClN3O5S. The second-order valence-electron chi connectivity index (χ2n) is 8.27. The number of nitrogens with one attached hydrogen (secondary N) is 1. The fraction of sp³-hybridized carbons (Fsp3) is 0.714. The molecule has 2 fully saturated rings. The number of carbonyl (C=O) groups is 1. The Morgan fingerprint density at radius 2 is 1.94 bits per heavy atom. The second-order valence-corrected chi connectivity index (χ2v) is 10.5. The molecule has 8 nitrogen and oxygen atoms in total. The monoisotopic (exact) mass is 475 g/mol. The Morgan fingerprint density at radius 3 is 2.48 bits per heavy atom. The Balaban J connectivity index is 0.00000341.